The number of urea groups is 1. The number of ether oxygens (including phenoxy) is 1. The molecule has 0 aliphatic carbocycles. The van der Waals surface area contributed by atoms with E-state index in [0.29, 0.717) is 34.9 Å². The van der Waals surface area contributed by atoms with Gasteiger partial charge in [0.25, 0.3) is 0 Å². The molecule has 0 saturated carbocycles. The number of benzene rings is 2. The highest BCUT2D eigenvalue weighted by Crippen LogP contribution is 2.33. The Kier molecular flexibility index (Phi) is 9.70. The summed E-state index contributed by atoms with van der Waals surface area (Å²) in [4.78, 5) is 40.4. The van der Waals surface area contributed by atoms with Crippen molar-refractivity contribution in [1.29, 1.82) is 0 Å². The monoisotopic (exact) mass is 585 g/mol. The Bertz CT molecular complexity index is 1430. The summed E-state index contributed by atoms with van der Waals surface area (Å²) in [5.41, 5.74) is 2.88. The van der Waals surface area contributed by atoms with E-state index in [4.69, 9.17) is 4.74 Å². The summed E-state index contributed by atoms with van der Waals surface area (Å²) in [6.07, 6.45) is 5.05. The number of carbonyl (C=O) groups is 2. The van der Waals surface area contributed by atoms with Crippen molar-refractivity contribution in [3.8, 4) is 5.75 Å². The standard InChI is InChI=1S/C31H39N9O3/c1-4-29(41)33-22-6-5-7-23(20-22)34-31(42)37-28-10-13-32-30(36-28)35-26-9-8-25(21-27(26)43-3)39-14-11-24(12-15-39)40-18-16-38(2)17-19-40/h4-10,13,20-21,24H,1,11-12,14-19H2,2-3H3,(H,33,41)(H3,32,34,35,36,37,42). The molecule has 43 heavy (non-hydrogen) atoms. The molecule has 3 heterocycles. The average Bonchev–Trinajstić information content (AvgIpc) is 3.02. The lowest BCUT2D eigenvalue weighted by molar-refractivity contribution is -0.111. The summed E-state index contributed by atoms with van der Waals surface area (Å²) >= 11 is 0. The number of nitrogens with zero attached hydrogens (tertiary/aromatic N) is 5. The third-order valence-corrected chi connectivity index (χ3v) is 7.79. The van der Waals surface area contributed by atoms with Gasteiger partial charge in [0.05, 0.1) is 12.8 Å². The topological polar surface area (TPSA) is 127 Å². The molecule has 3 aromatic rings. The Morgan fingerprint density at radius 1 is 0.953 bits per heavy atom. The number of piperazine rings is 1. The van der Waals surface area contributed by atoms with E-state index >= 15 is 0 Å². The van der Waals surface area contributed by atoms with Gasteiger partial charge in [-0.3, -0.25) is 15.0 Å². The van der Waals surface area contributed by atoms with Crippen molar-refractivity contribution in [3.05, 3.63) is 67.4 Å². The number of likely N-dealkylation sites (N-methyl/N-ethyl adjacent to an activating group) is 1. The van der Waals surface area contributed by atoms with E-state index in [9.17, 15) is 9.59 Å². The van der Waals surface area contributed by atoms with Crippen LogP contribution >= 0.6 is 0 Å². The quantitative estimate of drug-likeness (QED) is 0.273. The van der Waals surface area contributed by atoms with Gasteiger partial charge in [0, 0.05) is 74.6 Å². The number of anilines is 6. The van der Waals surface area contributed by atoms with Gasteiger partial charge in [0.1, 0.15) is 11.6 Å². The van der Waals surface area contributed by atoms with Crippen molar-refractivity contribution >= 4 is 46.5 Å². The number of hydrogen-bond donors (Lipinski definition) is 4. The van der Waals surface area contributed by atoms with E-state index in [1.165, 1.54) is 6.08 Å². The summed E-state index contributed by atoms with van der Waals surface area (Å²) in [7, 11) is 3.84. The van der Waals surface area contributed by atoms with Crippen molar-refractivity contribution < 1.29 is 14.3 Å². The van der Waals surface area contributed by atoms with E-state index in [0.717, 1.165) is 63.5 Å². The number of piperidine rings is 1. The first kappa shape index (κ1) is 29.8. The molecule has 0 atom stereocenters. The van der Waals surface area contributed by atoms with Gasteiger partial charge < -0.3 is 30.5 Å². The van der Waals surface area contributed by atoms with Gasteiger partial charge in [-0.05, 0) is 62.4 Å². The molecule has 3 amide bonds. The Balaban J connectivity index is 1.17. The van der Waals surface area contributed by atoms with Crippen LogP contribution < -0.4 is 30.9 Å². The van der Waals surface area contributed by atoms with Crippen LogP contribution in [0.4, 0.5) is 39.3 Å². The maximum atomic E-state index is 12.6. The fourth-order valence-corrected chi connectivity index (χ4v) is 5.41. The summed E-state index contributed by atoms with van der Waals surface area (Å²) in [6.45, 7) is 10.1. The first-order valence-electron chi connectivity index (χ1n) is 14.5. The van der Waals surface area contributed by atoms with Crippen LogP contribution in [0.1, 0.15) is 12.8 Å². The first-order valence-corrected chi connectivity index (χ1v) is 14.5. The molecule has 0 spiro atoms. The number of nitrogens with one attached hydrogen (secondary N) is 4. The van der Waals surface area contributed by atoms with Crippen LogP contribution in [-0.2, 0) is 4.79 Å². The highest BCUT2D eigenvalue weighted by molar-refractivity contribution is 6.01. The Hall–Kier alpha value is -4.68. The molecule has 2 saturated heterocycles. The molecule has 12 nitrogen and oxygen atoms in total. The van der Waals surface area contributed by atoms with E-state index in [2.05, 4.69) is 65.6 Å². The molecule has 4 N–H and O–H groups in total. The van der Waals surface area contributed by atoms with Crippen LogP contribution in [-0.4, -0.2) is 91.2 Å². The Labute approximate surface area is 252 Å². The molecule has 2 aliphatic rings. The molecule has 2 aliphatic heterocycles. The molecule has 2 fully saturated rings. The first-order chi connectivity index (χ1) is 20.9. The maximum absolute atomic E-state index is 12.6. The lowest BCUT2D eigenvalue weighted by atomic mass is 10.0. The lowest BCUT2D eigenvalue weighted by Crippen LogP contribution is -2.52. The van der Waals surface area contributed by atoms with Gasteiger partial charge in [-0.15, -0.1) is 0 Å². The number of methoxy groups -OCH3 is 1. The van der Waals surface area contributed by atoms with Crippen molar-refractivity contribution in [2.24, 2.45) is 0 Å². The van der Waals surface area contributed by atoms with Gasteiger partial charge in [0.2, 0.25) is 11.9 Å². The average molecular weight is 586 g/mol. The van der Waals surface area contributed by atoms with Gasteiger partial charge >= 0.3 is 6.03 Å². The highest BCUT2D eigenvalue weighted by atomic mass is 16.5. The summed E-state index contributed by atoms with van der Waals surface area (Å²) in [5, 5.41) is 11.3. The smallest absolute Gasteiger partial charge is 0.324 e. The SMILES string of the molecule is C=CC(=O)Nc1cccc(NC(=O)Nc2ccnc(Nc3ccc(N4CCC(N5CCN(C)CC5)CC4)cc3OC)n2)c1. The van der Waals surface area contributed by atoms with Gasteiger partial charge in [-0.1, -0.05) is 12.6 Å². The summed E-state index contributed by atoms with van der Waals surface area (Å²) in [6, 6.07) is 14.6. The summed E-state index contributed by atoms with van der Waals surface area (Å²) < 4.78 is 5.71. The number of hydrogen-bond acceptors (Lipinski definition) is 9. The minimum absolute atomic E-state index is 0.310. The second kappa shape index (κ2) is 14.0. The number of rotatable bonds is 9. The van der Waals surface area contributed by atoms with Crippen LogP contribution in [0.15, 0.2) is 67.4 Å². The van der Waals surface area contributed by atoms with Crippen LogP contribution in [0.5, 0.6) is 5.75 Å². The third-order valence-electron chi connectivity index (χ3n) is 7.79. The lowest BCUT2D eigenvalue weighted by Gasteiger charge is -2.42. The number of carbonyl (C=O) groups excluding carboxylic acids is 2. The minimum Gasteiger partial charge on any atom is -0.494 e. The zero-order valence-corrected chi connectivity index (χ0v) is 24.7. The van der Waals surface area contributed by atoms with Crippen LogP contribution in [0.25, 0.3) is 0 Å². The van der Waals surface area contributed by atoms with Crippen LogP contribution in [0.3, 0.4) is 0 Å². The molecular weight excluding hydrogens is 546 g/mol. The molecule has 1 aromatic heterocycles. The van der Waals surface area contributed by atoms with Crippen LogP contribution in [0, 0.1) is 0 Å². The highest BCUT2D eigenvalue weighted by Gasteiger charge is 2.27. The van der Waals surface area contributed by atoms with Crippen molar-refractivity contribution in [2.45, 2.75) is 18.9 Å². The van der Waals surface area contributed by atoms with Crippen LogP contribution in [0.2, 0.25) is 0 Å². The second-order valence-electron chi connectivity index (χ2n) is 10.7. The second-order valence-corrected chi connectivity index (χ2v) is 10.7. The molecule has 12 heteroatoms. The predicted octanol–water partition coefficient (Wildman–Crippen LogP) is 4.21. The van der Waals surface area contributed by atoms with Gasteiger partial charge in [-0.25, -0.2) is 9.78 Å². The van der Waals surface area contributed by atoms with Crippen molar-refractivity contribution in [3.63, 3.8) is 0 Å². The largest absolute Gasteiger partial charge is 0.494 e. The van der Waals surface area contributed by atoms with E-state index in [1.807, 2.05) is 12.1 Å². The fourth-order valence-electron chi connectivity index (χ4n) is 5.41. The van der Waals surface area contributed by atoms with E-state index in [-0.39, 0.29) is 5.91 Å². The van der Waals surface area contributed by atoms with E-state index < -0.39 is 6.03 Å². The normalized spacial score (nSPS) is 16.3. The van der Waals surface area contributed by atoms with Gasteiger partial charge in [-0.2, -0.15) is 4.98 Å². The Morgan fingerprint density at radius 3 is 2.42 bits per heavy atom. The molecule has 226 valence electrons. The number of aromatic nitrogens is 2. The molecule has 0 unspecified atom stereocenters. The molecule has 0 bridgehead atoms. The van der Waals surface area contributed by atoms with Crippen molar-refractivity contribution in [2.75, 3.05) is 79.6 Å². The predicted molar refractivity (Wildman–Crippen MR) is 171 cm³/mol. The fraction of sp³-hybridized carbons (Fsp3) is 0.355. The Morgan fingerprint density at radius 2 is 1.70 bits per heavy atom. The van der Waals surface area contributed by atoms with Crippen molar-refractivity contribution in [1.82, 2.24) is 19.8 Å². The molecular formula is C31H39N9O3. The van der Waals surface area contributed by atoms with E-state index in [1.54, 1.807) is 43.6 Å². The molecule has 5 rings (SSSR count). The summed E-state index contributed by atoms with van der Waals surface area (Å²) in [5.74, 6) is 0.966. The number of amides is 3. The van der Waals surface area contributed by atoms with Gasteiger partial charge in [0.15, 0.2) is 0 Å². The maximum Gasteiger partial charge on any atom is 0.324 e. The molecule has 0 radical (unpaired) electrons. The minimum atomic E-state index is -0.491. The third kappa shape index (κ3) is 7.99. The molecule has 2 aromatic carbocycles. The zero-order valence-electron chi connectivity index (χ0n) is 24.7. The zero-order chi connectivity index (χ0) is 30.2.